The molecule has 2 rings (SSSR count). The molecule has 1 aromatic rings. The van der Waals surface area contributed by atoms with Crippen molar-refractivity contribution in [2.24, 2.45) is 0 Å². The number of aliphatic hydroxyl groups is 1. The fourth-order valence-electron chi connectivity index (χ4n) is 3.36. The van der Waals surface area contributed by atoms with E-state index in [1.807, 2.05) is 37.8 Å². The molecule has 5 heteroatoms. The first-order valence-corrected chi connectivity index (χ1v) is 9.07. The molecule has 1 aliphatic rings. The summed E-state index contributed by atoms with van der Waals surface area (Å²) in [7, 11) is 0. The van der Waals surface area contributed by atoms with Gasteiger partial charge < -0.3 is 14.7 Å². The summed E-state index contributed by atoms with van der Waals surface area (Å²) in [5, 5.41) is 9.19. The molecule has 0 aliphatic carbocycles. The van der Waals surface area contributed by atoms with Crippen LogP contribution in [0.2, 0.25) is 0 Å². The molecular weight excluding hydrogens is 316 g/mol. The summed E-state index contributed by atoms with van der Waals surface area (Å²) < 4.78 is 5.55. The zero-order valence-electron chi connectivity index (χ0n) is 16.3. The summed E-state index contributed by atoms with van der Waals surface area (Å²) in [5.41, 5.74) is 1.67. The minimum Gasteiger partial charge on any atom is -0.444 e. The molecule has 1 heterocycles. The number of ether oxygens (including phenoxy) is 1. The Morgan fingerprint density at radius 2 is 1.80 bits per heavy atom. The van der Waals surface area contributed by atoms with E-state index in [-0.39, 0.29) is 30.8 Å². The first-order valence-electron chi connectivity index (χ1n) is 9.07. The topological polar surface area (TPSA) is 53.0 Å². The molecule has 0 bridgehead atoms. The van der Waals surface area contributed by atoms with Gasteiger partial charge in [0, 0.05) is 31.2 Å². The van der Waals surface area contributed by atoms with Gasteiger partial charge in [-0.2, -0.15) is 0 Å². The maximum absolute atomic E-state index is 12.4. The molecular formula is C20H32N2O3. The van der Waals surface area contributed by atoms with Crippen LogP contribution < -0.4 is 0 Å². The Hall–Kier alpha value is -1.59. The number of hydrogen-bond acceptors (Lipinski definition) is 4. The Kier molecular flexibility index (Phi) is 6.12. The Morgan fingerprint density at radius 3 is 2.32 bits per heavy atom. The van der Waals surface area contributed by atoms with Crippen LogP contribution in [0.3, 0.4) is 0 Å². The van der Waals surface area contributed by atoms with Crippen LogP contribution in [0.25, 0.3) is 0 Å². The number of carbonyl (C=O) groups is 1. The molecule has 1 aliphatic heterocycles. The highest BCUT2D eigenvalue weighted by Crippen LogP contribution is 2.28. The van der Waals surface area contributed by atoms with E-state index >= 15 is 0 Å². The third-order valence-electron chi connectivity index (χ3n) is 4.80. The van der Waals surface area contributed by atoms with Gasteiger partial charge in [-0.3, -0.25) is 4.90 Å². The summed E-state index contributed by atoms with van der Waals surface area (Å²) in [6, 6.07) is 8.70. The van der Waals surface area contributed by atoms with E-state index in [0.29, 0.717) is 6.54 Å². The van der Waals surface area contributed by atoms with Crippen molar-refractivity contribution in [1.29, 1.82) is 0 Å². The summed E-state index contributed by atoms with van der Waals surface area (Å²) >= 11 is 0. The van der Waals surface area contributed by atoms with Crippen LogP contribution in [0.1, 0.15) is 58.7 Å². The first-order chi connectivity index (χ1) is 11.6. The molecule has 0 aromatic heterocycles. The Balaban J connectivity index is 2.06. The molecule has 1 N–H and O–H groups in total. The van der Waals surface area contributed by atoms with Crippen molar-refractivity contribution >= 4 is 6.09 Å². The number of hydrogen-bond donors (Lipinski definition) is 1. The predicted molar refractivity (Wildman–Crippen MR) is 99.3 cm³/mol. The average Bonchev–Trinajstić information content (AvgIpc) is 2.54. The minimum absolute atomic E-state index is 0.0661. The van der Waals surface area contributed by atoms with Crippen LogP contribution in [0.15, 0.2) is 24.3 Å². The van der Waals surface area contributed by atoms with Gasteiger partial charge in [0.2, 0.25) is 0 Å². The second-order valence-electron chi connectivity index (χ2n) is 8.10. The standard InChI is InChI=1S/C20H32N2O3/c1-14-12-22(19(24)25-20(4,5)6)15(2)11-21(14)16(3)18-9-7-17(13-23)8-10-18/h7-10,14-16,23H,11-13H2,1-6H3. The molecule has 5 nitrogen and oxygen atoms in total. The lowest BCUT2D eigenvalue weighted by molar-refractivity contribution is -0.0184. The minimum atomic E-state index is -0.473. The van der Waals surface area contributed by atoms with Crippen LogP contribution >= 0.6 is 0 Å². The van der Waals surface area contributed by atoms with Gasteiger partial charge >= 0.3 is 6.09 Å². The number of rotatable bonds is 3. The van der Waals surface area contributed by atoms with Gasteiger partial charge in [0.15, 0.2) is 0 Å². The lowest BCUT2D eigenvalue weighted by Gasteiger charge is -2.46. The lowest BCUT2D eigenvalue weighted by atomic mass is 10.00. The number of piperazine rings is 1. The van der Waals surface area contributed by atoms with Gasteiger partial charge in [-0.05, 0) is 52.7 Å². The molecule has 1 amide bonds. The van der Waals surface area contributed by atoms with Crippen molar-refractivity contribution in [1.82, 2.24) is 9.80 Å². The van der Waals surface area contributed by atoms with E-state index in [1.165, 1.54) is 5.56 Å². The maximum Gasteiger partial charge on any atom is 0.410 e. The zero-order valence-corrected chi connectivity index (χ0v) is 16.3. The highest BCUT2D eigenvalue weighted by molar-refractivity contribution is 5.68. The van der Waals surface area contributed by atoms with Crippen LogP contribution in [0.4, 0.5) is 4.79 Å². The summed E-state index contributed by atoms with van der Waals surface area (Å²) in [6.45, 7) is 13.6. The average molecular weight is 348 g/mol. The highest BCUT2D eigenvalue weighted by Gasteiger charge is 2.36. The molecule has 1 saturated heterocycles. The molecule has 3 atom stereocenters. The van der Waals surface area contributed by atoms with Gasteiger partial charge in [-0.15, -0.1) is 0 Å². The summed E-state index contributed by atoms with van der Waals surface area (Å²) in [4.78, 5) is 16.7. The Morgan fingerprint density at radius 1 is 1.20 bits per heavy atom. The highest BCUT2D eigenvalue weighted by atomic mass is 16.6. The quantitative estimate of drug-likeness (QED) is 0.907. The van der Waals surface area contributed by atoms with Gasteiger partial charge in [-0.1, -0.05) is 24.3 Å². The van der Waals surface area contributed by atoms with E-state index < -0.39 is 5.60 Å². The molecule has 0 radical (unpaired) electrons. The number of carbonyl (C=O) groups excluding carboxylic acids is 1. The number of benzene rings is 1. The Bertz CT molecular complexity index is 580. The largest absolute Gasteiger partial charge is 0.444 e. The molecule has 3 unspecified atom stereocenters. The zero-order chi connectivity index (χ0) is 18.8. The molecule has 0 spiro atoms. The van der Waals surface area contributed by atoms with Crippen LogP contribution in [-0.2, 0) is 11.3 Å². The van der Waals surface area contributed by atoms with Gasteiger partial charge in [0.25, 0.3) is 0 Å². The van der Waals surface area contributed by atoms with E-state index in [2.05, 4.69) is 37.8 Å². The summed E-state index contributed by atoms with van der Waals surface area (Å²) in [5.74, 6) is 0. The summed E-state index contributed by atoms with van der Waals surface area (Å²) in [6.07, 6.45) is -0.230. The molecule has 140 valence electrons. The van der Waals surface area contributed by atoms with Crippen molar-refractivity contribution in [2.45, 2.75) is 71.9 Å². The third kappa shape index (κ3) is 4.95. The fraction of sp³-hybridized carbons (Fsp3) is 0.650. The predicted octanol–water partition coefficient (Wildman–Crippen LogP) is 3.57. The van der Waals surface area contributed by atoms with Crippen LogP contribution in [0, 0.1) is 0 Å². The third-order valence-corrected chi connectivity index (χ3v) is 4.80. The SMILES string of the molecule is CC1CN(C(C)c2ccc(CO)cc2)C(C)CN1C(=O)OC(C)(C)C. The fourth-order valence-corrected chi connectivity index (χ4v) is 3.36. The van der Waals surface area contributed by atoms with E-state index in [0.717, 1.165) is 12.1 Å². The van der Waals surface area contributed by atoms with Crippen molar-refractivity contribution in [2.75, 3.05) is 13.1 Å². The molecule has 25 heavy (non-hydrogen) atoms. The monoisotopic (exact) mass is 348 g/mol. The first kappa shape index (κ1) is 19.7. The van der Waals surface area contributed by atoms with E-state index in [1.54, 1.807) is 0 Å². The smallest absolute Gasteiger partial charge is 0.410 e. The van der Waals surface area contributed by atoms with Crippen molar-refractivity contribution in [3.8, 4) is 0 Å². The molecule has 1 fully saturated rings. The van der Waals surface area contributed by atoms with Crippen molar-refractivity contribution in [3.05, 3.63) is 35.4 Å². The van der Waals surface area contributed by atoms with Crippen molar-refractivity contribution < 1.29 is 14.6 Å². The van der Waals surface area contributed by atoms with Gasteiger partial charge in [-0.25, -0.2) is 4.79 Å². The number of nitrogens with zero attached hydrogens (tertiary/aromatic N) is 2. The van der Waals surface area contributed by atoms with Gasteiger partial charge in [0.1, 0.15) is 5.60 Å². The van der Waals surface area contributed by atoms with E-state index in [9.17, 15) is 9.90 Å². The maximum atomic E-state index is 12.4. The van der Waals surface area contributed by atoms with Gasteiger partial charge in [0.05, 0.1) is 6.61 Å². The number of amides is 1. The second-order valence-corrected chi connectivity index (χ2v) is 8.10. The Labute approximate surface area is 151 Å². The second kappa shape index (κ2) is 7.75. The van der Waals surface area contributed by atoms with E-state index in [4.69, 9.17) is 4.74 Å². The van der Waals surface area contributed by atoms with Crippen molar-refractivity contribution in [3.63, 3.8) is 0 Å². The van der Waals surface area contributed by atoms with Crippen LogP contribution in [-0.4, -0.2) is 51.8 Å². The van der Waals surface area contributed by atoms with Crippen LogP contribution in [0.5, 0.6) is 0 Å². The molecule has 1 aromatic carbocycles. The normalized spacial score (nSPS) is 23.4. The number of aliphatic hydroxyl groups excluding tert-OH is 1. The molecule has 0 saturated carbocycles. The lowest BCUT2D eigenvalue weighted by Crippen LogP contribution is -2.59.